The van der Waals surface area contributed by atoms with Crippen LogP contribution < -0.4 is 19.5 Å². The van der Waals surface area contributed by atoms with E-state index in [0.29, 0.717) is 17.2 Å². The lowest BCUT2D eigenvalue weighted by Crippen LogP contribution is -2.38. The van der Waals surface area contributed by atoms with E-state index in [-0.39, 0.29) is 11.8 Å². The molecule has 0 saturated carbocycles. The molecule has 1 N–H and O–H groups in total. The first kappa shape index (κ1) is 18.4. The molecule has 1 aliphatic rings. The van der Waals surface area contributed by atoms with Gasteiger partial charge in [0.05, 0.1) is 26.9 Å². The number of methoxy groups -OCH3 is 3. The van der Waals surface area contributed by atoms with E-state index in [2.05, 4.69) is 37.4 Å². The van der Waals surface area contributed by atoms with E-state index in [4.69, 9.17) is 18.9 Å². The van der Waals surface area contributed by atoms with Crippen LogP contribution in [0, 0.1) is 0 Å². The van der Waals surface area contributed by atoms with Crippen LogP contribution in [0.15, 0.2) is 36.4 Å². The summed E-state index contributed by atoms with van der Waals surface area (Å²) in [7, 11) is 4.85. The van der Waals surface area contributed by atoms with Gasteiger partial charge in [0.1, 0.15) is 0 Å². The first-order valence-electron chi connectivity index (χ1n) is 8.96. The van der Waals surface area contributed by atoms with Gasteiger partial charge in [0.15, 0.2) is 17.7 Å². The normalized spacial score (nSPS) is 17.8. The molecule has 0 aromatic heterocycles. The molecule has 0 aliphatic carbocycles. The van der Waals surface area contributed by atoms with Crippen molar-refractivity contribution >= 4 is 5.69 Å². The van der Waals surface area contributed by atoms with Crippen LogP contribution in [0.1, 0.15) is 44.0 Å². The van der Waals surface area contributed by atoms with Gasteiger partial charge in [-0.3, -0.25) is 0 Å². The third-order valence-electron chi connectivity index (χ3n) is 5.21. The van der Waals surface area contributed by atoms with Crippen LogP contribution in [0.25, 0.3) is 0 Å². The molecule has 0 bridgehead atoms. The molecule has 2 aromatic rings. The Bertz CT molecular complexity index is 771. The van der Waals surface area contributed by atoms with Gasteiger partial charge in [-0.2, -0.15) is 0 Å². The minimum absolute atomic E-state index is 0.343. The molecule has 2 aromatic carbocycles. The zero-order valence-corrected chi connectivity index (χ0v) is 16.1. The Balaban J connectivity index is 2.12. The summed E-state index contributed by atoms with van der Waals surface area (Å²) in [6.07, 6.45) is 1.42. The number of para-hydroxylation sites is 1. The van der Waals surface area contributed by atoms with Crippen LogP contribution in [0.4, 0.5) is 5.69 Å². The van der Waals surface area contributed by atoms with Crippen LogP contribution in [0.3, 0.4) is 0 Å². The molecule has 0 spiro atoms. The molecular weight excluding hydrogens is 330 g/mol. The third-order valence-corrected chi connectivity index (χ3v) is 5.21. The Morgan fingerprint density at radius 3 is 2.23 bits per heavy atom. The first-order chi connectivity index (χ1) is 12.6. The Hall–Kier alpha value is -2.40. The maximum atomic E-state index is 6.61. The number of rotatable bonds is 6. The largest absolute Gasteiger partial charge is 0.493 e. The van der Waals surface area contributed by atoms with Crippen molar-refractivity contribution in [1.82, 2.24) is 0 Å². The lowest BCUT2D eigenvalue weighted by molar-refractivity contribution is -0.104. The smallest absolute Gasteiger partial charge is 0.203 e. The molecule has 0 unspecified atom stereocenters. The van der Waals surface area contributed by atoms with Crippen LogP contribution in [0.5, 0.6) is 17.2 Å². The van der Waals surface area contributed by atoms with Crippen LogP contribution in [-0.4, -0.2) is 21.3 Å². The van der Waals surface area contributed by atoms with Gasteiger partial charge in [-0.05, 0) is 31.0 Å². The molecule has 0 fully saturated rings. The number of hydrogen-bond acceptors (Lipinski definition) is 5. The van der Waals surface area contributed by atoms with Crippen LogP contribution >= 0.6 is 0 Å². The van der Waals surface area contributed by atoms with Crippen molar-refractivity contribution in [3.63, 3.8) is 0 Å². The highest BCUT2D eigenvalue weighted by atomic mass is 16.5. The van der Waals surface area contributed by atoms with E-state index in [1.165, 1.54) is 5.56 Å². The summed E-state index contributed by atoms with van der Waals surface area (Å²) >= 11 is 0. The van der Waals surface area contributed by atoms with Crippen molar-refractivity contribution in [2.24, 2.45) is 0 Å². The summed E-state index contributed by atoms with van der Waals surface area (Å²) in [5.41, 5.74) is 2.82. The van der Waals surface area contributed by atoms with Crippen molar-refractivity contribution in [3.8, 4) is 17.2 Å². The molecule has 5 heteroatoms. The Morgan fingerprint density at radius 2 is 1.62 bits per heavy atom. The molecule has 0 radical (unpaired) electrons. The van der Waals surface area contributed by atoms with Crippen LogP contribution in [0.2, 0.25) is 0 Å². The molecule has 5 nitrogen and oxygen atoms in total. The lowest BCUT2D eigenvalue weighted by Gasteiger charge is -2.43. The summed E-state index contributed by atoms with van der Waals surface area (Å²) < 4.78 is 23.2. The van der Waals surface area contributed by atoms with Gasteiger partial charge < -0.3 is 24.3 Å². The monoisotopic (exact) mass is 357 g/mol. The molecule has 26 heavy (non-hydrogen) atoms. The summed E-state index contributed by atoms with van der Waals surface area (Å²) in [4.78, 5) is 0. The van der Waals surface area contributed by atoms with E-state index in [1.54, 1.807) is 21.3 Å². The van der Waals surface area contributed by atoms with E-state index in [0.717, 1.165) is 24.1 Å². The van der Waals surface area contributed by atoms with Gasteiger partial charge in [-0.25, -0.2) is 0 Å². The highest BCUT2D eigenvalue weighted by Crippen LogP contribution is 2.49. The number of ether oxygens (including phenoxy) is 4. The van der Waals surface area contributed by atoms with Gasteiger partial charge in [-0.15, -0.1) is 0 Å². The highest BCUT2D eigenvalue weighted by Gasteiger charge is 2.40. The third kappa shape index (κ3) is 2.86. The molecule has 0 saturated heterocycles. The second-order valence-electron chi connectivity index (χ2n) is 6.31. The number of anilines is 1. The fraction of sp³-hybridized carbons (Fsp3) is 0.429. The van der Waals surface area contributed by atoms with E-state index in [9.17, 15) is 0 Å². The maximum absolute atomic E-state index is 6.61. The zero-order chi connectivity index (χ0) is 18.7. The average Bonchev–Trinajstić information content (AvgIpc) is 2.71. The quantitative estimate of drug-likeness (QED) is 0.799. The minimum Gasteiger partial charge on any atom is -0.493 e. The highest BCUT2D eigenvalue weighted by molar-refractivity contribution is 5.61. The van der Waals surface area contributed by atoms with Crippen molar-refractivity contribution in [2.45, 2.75) is 38.5 Å². The van der Waals surface area contributed by atoms with Crippen molar-refractivity contribution in [3.05, 3.63) is 47.5 Å². The predicted molar refractivity (Wildman–Crippen MR) is 102 cm³/mol. The topological polar surface area (TPSA) is 49.0 Å². The van der Waals surface area contributed by atoms with E-state index < -0.39 is 0 Å². The molecule has 1 heterocycles. The Labute approximate surface area is 155 Å². The summed E-state index contributed by atoms with van der Waals surface area (Å²) in [5.74, 6) is 1.81. The fourth-order valence-corrected chi connectivity index (χ4v) is 3.74. The van der Waals surface area contributed by atoms with Gasteiger partial charge in [-0.1, -0.05) is 32.0 Å². The summed E-state index contributed by atoms with van der Waals surface area (Å²) in [6, 6.07) is 12.2. The van der Waals surface area contributed by atoms with Gasteiger partial charge in [0.25, 0.3) is 0 Å². The minimum atomic E-state index is -0.348. The first-order valence-corrected chi connectivity index (χ1v) is 8.96. The van der Waals surface area contributed by atoms with Gasteiger partial charge in [0, 0.05) is 16.8 Å². The second kappa shape index (κ2) is 7.46. The predicted octanol–water partition coefficient (Wildman–Crippen LogP) is 4.87. The molecular formula is C21H27NO4. The molecule has 1 atom stereocenters. The van der Waals surface area contributed by atoms with E-state index in [1.807, 2.05) is 18.2 Å². The number of nitrogens with one attached hydrogen (secondary N) is 1. The van der Waals surface area contributed by atoms with E-state index >= 15 is 0 Å². The van der Waals surface area contributed by atoms with Crippen molar-refractivity contribution in [1.29, 1.82) is 0 Å². The average molecular weight is 357 g/mol. The summed E-state index contributed by atoms with van der Waals surface area (Å²) in [6.45, 7) is 4.32. The summed E-state index contributed by atoms with van der Waals surface area (Å²) in [5, 5.41) is 3.50. The zero-order valence-electron chi connectivity index (χ0n) is 16.1. The number of hydrogen-bond donors (Lipinski definition) is 1. The van der Waals surface area contributed by atoms with Gasteiger partial charge in [0.2, 0.25) is 5.75 Å². The molecule has 140 valence electrons. The fourth-order valence-electron chi connectivity index (χ4n) is 3.74. The SMILES string of the molecule is CCC1(CC)O[C@H](c2ccc(OC)c(OC)c2OC)Nc2ccccc21. The molecule has 0 amide bonds. The molecule has 3 rings (SSSR count). The van der Waals surface area contributed by atoms with Crippen LogP contribution in [-0.2, 0) is 10.3 Å². The standard InChI is InChI=1S/C21H27NO4/c1-6-21(7-2)15-10-8-9-11-16(15)22-20(26-21)14-12-13-17(23-3)19(25-5)18(14)24-4/h8-13,20,22H,6-7H2,1-5H3/t20-/m1/s1. The molecule has 1 aliphatic heterocycles. The second-order valence-corrected chi connectivity index (χ2v) is 6.31. The van der Waals surface area contributed by atoms with Crippen molar-refractivity contribution < 1.29 is 18.9 Å². The Morgan fingerprint density at radius 1 is 0.923 bits per heavy atom. The number of fused-ring (bicyclic) bond motifs is 1. The lowest BCUT2D eigenvalue weighted by atomic mass is 9.85. The maximum Gasteiger partial charge on any atom is 0.203 e. The van der Waals surface area contributed by atoms with Crippen molar-refractivity contribution in [2.75, 3.05) is 26.6 Å². The Kier molecular flexibility index (Phi) is 5.28. The number of benzene rings is 2. The van der Waals surface area contributed by atoms with Gasteiger partial charge >= 0.3 is 0 Å².